The number of rotatable bonds is 22. The number of ether oxygens (including phenoxy) is 5. The van der Waals surface area contributed by atoms with Gasteiger partial charge in [-0.05, 0) is 301 Å². The Hall–Kier alpha value is 1.28. The van der Waals surface area contributed by atoms with Crippen LogP contribution in [0.2, 0.25) is 40.2 Å². The third kappa shape index (κ3) is 72.4. The van der Waals surface area contributed by atoms with Gasteiger partial charge in [0.25, 0.3) is 6.47 Å². The van der Waals surface area contributed by atoms with Crippen molar-refractivity contribution >= 4 is 298 Å². The molecule has 4 aromatic carbocycles. The SMILES string of the molecule is C=CS(=O)(=O)CC1CCN(C(=O)OC(C)(C)C)CC1.C=CS(=O)(=O)CC1CCNCC1.CC(C)(C)OC(=O)N1CCC(N)CC1.CCOC(=O)CBr.CCOC(=O)CCc1cc(Cl)c(Cl)cc1I.CCOC(=O)CCc1cc(Cl)c(Cl)cc1I.Nc1cc(Cl)c(Cl)cc1I.O=C(O)CCc1cc(Cl)c(Cl)cc1I.O=CO[O-].O=S(=O)(Cl)CCCl.[2H]CF.[H-].[K+].[K+]. The Morgan fingerprint density at radius 2 is 0.886 bits per heavy atom. The number of anilines is 1. The molecule has 3 fully saturated rings. The van der Waals surface area contributed by atoms with E-state index in [1.54, 1.807) is 79.1 Å². The van der Waals surface area contributed by atoms with Crippen molar-refractivity contribution in [2.75, 3.05) is 100 Å². The number of aliphatic carboxylic acids is 1. The van der Waals surface area contributed by atoms with Crippen molar-refractivity contribution in [1.29, 1.82) is 0 Å². The first-order chi connectivity index (χ1) is 56.5. The molecule has 3 saturated heterocycles. The molecule has 0 aromatic heterocycles. The van der Waals surface area contributed by atoms with Gasteiger partial charge in [-0.15, -0.1) is 11.6 Å². The molecule has 0 atom stereocenters. The van der Waals surface area contributed by atoms with Gasteiger partial charge in [-0.3, -0.25) is 28.4 Å². The third-order valence-electron chi connectivity index (χ3n) is 14.9. The number of alkyl halides is 3. The Labute approximate surface area is 925 Å². The van der Waals surface area contributed by atoms with E-state index in [2.05, 4.69) is 134 Å². The fraction of sp³-hybridized carbons (Fsp3) is 0.539. The van der Waals surface area contributed by atoms with Gasteiger partial charge < -0.3 is 66.9 Å². The molecule has 2 amide bonds. The van der Waals surface area contributed by atoms with Crippen LogP contribution in [0.25, 0.3) is 0 Å². The Kier molecular flexibility index (Phi) is 81.5. The van der Waals surface area contributed by atoms with Crippen molar-refractivity contribution in [3.05, 3.63) is 144 Å². The molecular weight excluding hydrogens is 2450 g/mol. The monoisotopic (exact) mass is 2560 g/mol. The van der Waals surface area contributed by atoms with E-state index in [1.165, 1.54) is 0 Å². The van der Waals surface area contributed by atoms with Crippen molar-refractivity contribution < 1.29 is 208 Å². The number of esters is 3. The van der Waals surface area contributed by atoms with Crippen LogP contribution in [0.3, 0.4) is 0 Å². The standard InChI is InChI=1S/C13H23NO4S.2C11H11Cl2IO2.C10H20N2O2.C9H7Cl2IO2.C8H15NO2S.C6H4Cl2IN.C4H7BrO2.C2H4Cl2O2S.CH3F.CH2O3.2K.H/c1-5-19(16,17)10-11-6-8-14(9-7-11)12(15)18-13(2,3)4;2*1-2-16-11(15)4-3-7-5-8(12)9(13)6-10(7)14;1-10(2,3)14-9(13)12-6-4-8(11)5-7-12;10-6-3-5(1-2-9(13)14)8(12)4-7(6)11;1-2-12(10,11)7-8-3-5-9-6-4-8;7-3-1-5(9)6(10)2-4(3)8;1-2-7-4(6)3-5;3-1-2-7(4,5)6;1-2;2-1-4-3;;;/h5,11H,1,6-10H2,2-4H3;2*5-6H,2-4H2,1H3;8H,4-7,11H2,1-3H3;3-4H,1-2H2,(H,13,14);2,8-9H,1,3-7H2;1-2H,10H2;2-3H2,1H3;1-2H2;1H3;1,3H;;;/q;;;;;;;;;;;2*+1;-1/p-1/i;;;;;;;;;1D;;;;. The summed E-state index contributed by atoms with van der Waals surface area (Å²) in [5.74, 6) is -0.669. The van der Waals surface area contributed by atoms with Gasteiger partial charge in [0.05, 0.1) is 85.8 Å². The Morgan fingerprint density at radius 1 is 0.593 bits per heavy atom. The van der Waals surface area contributed by atoms with E-state index in [-0.39, 0.29) is 182 Å². The number of carboxylic acid groups (broad SMARTS) is 1. The molecular formula is C76H107BrCl10FI4K2N5O21S3. The molecule has 0 radical (unpaired) electrons. The molecule has 47 heteroatoms. The van der Waals surface area contributed by atoms with Gasteiger partial charge in [0.1, 0.15) is 16.5 Å². The minimum absolute atomic E-state index is 0. The average molecular weight is 2560 g/mol. The van der Waals surface area contributed by atoms with Crippen LogP contribution in [0.4, 0.5) is 19.7 Å². The predicted octanol–water partition coefficient (Wildman–Crippen LogP) is 13.9. The number of nitrogen functional groups attached to an aromatic ring is 1. The number of nitrogens with one attached hydrogen (secondary N) is 1. The number of amides is 2. The van der Waals surface area contributed by atoms with Crippen molar-refractivity contribution in [2.24, 2.45) is 17.6 Å². The van der Waals surface area contributed by atoms with Gasteiger partial charge in [-0.2, -0.15) is 0 Å². The number of hydrogen-bond acceptors (Lipinski definition) is 23. The van der Waals surface area contributed by atoms with E-state index in [4.69, 9.17) is 162 Å². The Morgan fingerprint density at radius 3 is 1.15 bits per heavy atom. The molecule has 0 spiro atoms. The summed E-state index contributed by atoms with van der Waals surface area (Å²) in [4.78, 5) is 80.9. The molecule has 0 aliphatic carbocycles. The summed E-state index contributed by atoms with van der Waals surface area (Å²) in [5, 5.41) is 26.6. The smallest absolute Gasteiger partial charge is 1.00 e. The summed E-state index contributed by atoms with van der Waals surface area (Å²) in [6, 6.07) is 14.3. The summed E-state index contributed by atoms with van der Waals surface area (Å²) in [7, 11) is -5.75. The molecule has 0 bridgehead atoms. The number of hydrogen-bond donors (Lipinski definition) is 4. The average Bonchev–Trinajstić information content (AvgIpc) is 0.843. The van der Waals surface area contributed by atoms with Crippen LogP contribution >= 0.6 is 221 Å². The summed E-state index contributed by atoms with van der Waals surface area (Å²) in [6.45, 7) is 28.6. The number of halogens is 16. The molecule has 3 aliphatic heterocycles. The number of carbonyl (C=O) groups is 7. The fourth-order valence-corrected chi connectivity index (χ4v) is 17.6. The molecule has 0 unspecified atom stereocenters. The summed E-state index contributed by atoms with van der Waals surface area (Å²) >= 11 is 63.1. The van der Waals surface area contributed by atoms with Gasteiger partial charge in [0.2, 0.25) is 9.05 Å². The van der Waals surface area contributed by atoms with E-state index < -0.39 is 53.1 Å². The molecule has 26 nitrogen and oxygen atoms in total. The summed E-state index contributed by atoms with van der Waals surface area (Å²) in [6.07, 6.45) is 7.06. The zero-order chi connectivity index (χ0) is 94.9. The van der Waals surface area contributed by atoms with Crippen molar-refractivity contribution in [1.82, 2.24) is 15.1 Å². The van der Waals surface area contributed by atoms with Gasteiger partial charge in [0, 0.05) is 98.8 Å². The van der Waals surface area contributed by atoms with E-state index >= 15 is 0 Å². The van der Waals surface area contributed by atoms with Crippen molar-refractivity contribution in [3.8, 4) is 0 Å². The van der Waals surface area contributed by atoms with Gasteiger partial charge >= 0.3 is 139 Å². The maximum atomic E-state index is 11.8. The second kappa shape index (κ2) is 75.5. The van der Waals surface area contributed by atoms with E-state index in [0.717, 1.165) is 93.6 Å². The molecule has 694 valence electrons. The number of carbonyl (C=O) groups excluding carboxylic acids is 6. The number of benzene rings is 4. The second-order valence-electron chi connectivity index (χ2n) is 26.8. The minimum Gasteiger partial charge on any atom is -1.00 e. The normalized spacial score (nSPS) is 13.1. The fourth-order valence-electron chi connectivity index (χ4n) is 9.14. The van der Waals surface area contributed by atoms with Crippen molar-refractivity contribution in [2.45, 2.75) is 157 Å². The first-order valence-corrected chi connectivity index (χ1v) is 51.2. The van der Waals surface area contributed by atoms with E-state index in [0.29, 0.717) is 135 Å². The molecule has 123 heavy (non-hydrogen) atoms. The van der Waals surface area contributed by atoms with E-state index in [1.807, 2.05) is 41.5 Å². The van der Waals surface area contributed by atoms with Crippen LogP contribution in [-0.4, -0.2) is 195 Å². The van der Waals surface area contributed by atoms with Crippen LogP contribution < -0.4 is 125 Å². The van der Waals surface area contributed by atoms with Crippen LogP contribution in [0, 0.1) is 26.1 Å². The van der Waals surface area contributed by atoms with Gasteiger partial charge in [0.15, 0.2) is 19.7 Å². The predicted molar refractivity (Wildman–Crippen MR) is 522 cm³/mol. The zero-order valence-electron chi connectivity index (χ0n) is 72.0. The Bertz CT molecular complexity index is 4100. The molecule has 6 N–H and O–H groups in total. The number of nitrogens with zero attached hydrogens (tertiary/aromatic N) is 2. The first kappa shape index (κ1) is 133. The summed E-state index contributed by atoms with van der Waals surface area (Å²) < 4.78 is 109. The Balaban J connectivity index is -0.000000250. The minimum atomic E-state index is -3.33. The largest absolute Gasteiger partial charge is 1.00 e. The molecule has 7 rings (SSSR count). The molecule has 3 aliphatic rings. The number of piperidine rings is 3. The first-order valence-electron chi connectivity index (χ1n) is 37.0. The van der Waals surface area contributed by atoms with Gasteiger partial charge in [-0.25, -0.2) is 34.8 Å². The zero-order valence-corrected chi connectivity index (χ0v) is 96.5. The van der Waals surface area contributed by atoms with Crippen LogP contribution in [0.15, 0.2) is 72.5 Å². The molecule has 0 saturated carbocycles. The maximum Gasteiger partial charge on any atom is 1.00 e. The van der Waals surface area contributed by atoms with Crippen LogP contribution in [0.1, 0.15) is 140 Å². The topological polar surface area (TPSA) is 391 Å². The number of sulfone groups is 2. The second-order valence-corrected chi connectivity index (χ2v) is 42.6. The number of likely N-dealkylation sites (tertiary alicyclic amines) is 2. The van der Waals surface area contributed by atoms with Crippen molar-refractivity contribution in [3.63, 3.8) is 0 Å². The van der Waals surface area contributed by atoms with Crippen LogP contribution in [-0.2, 0) is 101 Å². The third-order valence-corrected chi connectivity index (χ3v) is 26.6. The van der Waals surface area contributed by atoms with E-state index in [9.17, 15) is 58.4 Å². The quantitative estimate of drug-likeness (QED) is 0.00485. The number of aryl methyl sites for hydroxylation is 3. The number of nitrogens with two attached hydrogens (primary N) is 2. The molecule has 3 heterocycles. The number of carboxylic acids is 1. The summed E-state index contributed by atoms with van der Waals surface area (Å²) in [5.41, 5.74) is 14.0. The molecule has 4 aromatic rings. The maximum absolute atomic E-state index is 11.8. The van der Waals surface area contributed by atoms with Crippen LogP contribution in [0.5, 0.6) is 0 Å². The van der Waals surface area contributed by atoms with Gasteiger partial charge in [-0.1, -0.05) is 122 Å².